The van der Waals surface area contributed by atoms with E-state index >= 15 is 0 Å². The van der Waals surface area contributed by atoms with Gasteiger partial charge in [-0.3, -0.25) is 15.0 Å². The minimum absolute atomic E-state index is 0.168. The highest BCUT2D eigenvalue weighted by molar-refractivity contribution is 9.10. The minimum Gasteiger partial charge on any atom is -0.386 e. The third-order valence-electron chi connectivity index (χ3n) is 6.27. The largest absolute Gasteiger partial charge is 0.386 e. The first-order valence-electron chi connectivity index (χ1n) is 12.8. The molecule has 41 heavy (non-hydrogen) atoms. The molecule has 1 aliphatic rings. The smallest absolute Gasteiger partial charge is 0.134 e. The molecule has 6 rings (SSSR count). The SMILES string of the molecule is CC(C)(O)c1cncc(-n2ncc3c(F)cccc32)c1.CC(C)(O)c1cncc(Br)c1.Fc1cccc2c1C=NC2. The molecule has 0 bridgehead atoms. The van der Waals surface area contributed by atoms with Gasteiger partial charge in [-0.15, -0.1) is 0 Å². The summed E-state index contributed by atoms with van der Waals surface area (Å²) in [4.78, 5) is 12.0. The van der Waals surface area contributed by atoms with E-state index < -0.39 is 11.2 Å². The van der Waals surface area contributed by atoms with Gasteiger partial charge >= 0.3 is 0 Å². The molecule has 0 radical (unpaired) electrons. The van der Waals surface area contributed by atoms with E-state index in [4.69, 9.17) is 0 Å². The van der Waals surface area contributed by atoms with Crippen LogP contribution in [-0.4, -0.2) is 36.2 Å². The topological polar surface area (TPSA) is 96.4 Å². The second-order valence-electron chi connectivity index (χ2n) is 10.5. The van der Waals surface area contributed by atoms with Crippen LogP contribution in [0.1, 0.15) is 49.9 Å². The molecule has 2 aromatic carbocycles. The van der Waals surface area contributed by atoms with Crippen molar-refractivity contribution in [3.05, 3.63) is 118 Å². The molecule has 1 aliphatic heterocycles. The van der Waals surface area contributed by atoms with Crippen molar-refractivity contribution in [1.82, 2.24) is 19.7 Å². The van der Waals surface area contributed by atoms with Crippen LogP contribution in [0.2, 0.25) is 0 Å². The van der Waals surface area contributed by atoms with Gasteiger partial charge < -0.3 is 10.2 Å². The lowest BCUT2D eigenvalue weighted by atomic mass is 10.0. The third kappa shape index (κ3) is 7.46. The second kappa shape index (κ2) is 12.3. The number of aliphatic imine (C=N–C) groups is 1. The fraction of sp³-hybridized carbons (Fsp3) is 0.226. The molecule has 0 saturated heterocycles. The Bertz CT molecular complexity index is 1690. The molecule has 0 unspecified atom stereocenters. The first-order valence-corrected chi connectivity index (χ1v) is 13.5. The van der Waals surface area contributed by atoms with E-state index in [0.29, 0.717) is 34.3 Å². The van der Waals surface area contributed by atoms with Gasteiger partial charge in [-0.1, -0.05) is 18.2 Å². The quantitative estimate of drug-likeness (QED) is 0.236. The molecule has 0 amide bonds. The summed E-state index contributed by atoms with van der Waals surface area (Å²) in [6.07, 6.45) is 9.66. The molecule has 0 atom stereocenters. The lowest BCUT2D eigenvalue weighted by Gasteiger charge is -2.18. The highest BCUT2D eigenvalue weighted by atomic mass is 79.9. The molecule has 2 N–H and O–H groups in total. The number of pyridine rings is 2. The lowest BCUT2D eigenvalue weighted by molar-refractivity contribution is 0.0776. The Morgan fingerprint density at radius 1 is 0.805 bits per heavy atom. The summed E-state index contributed by atoms with van der Waals surface area (Å²) >= 11 is 3.28. The fourth-order valence-electron chi connectivity index (χ4n) is 3.95. The van der Waals surface area contributed by atoms with Gasteiger partial charge in [0.25, 0.3) is 0 Å². The van der Waals surface area contributed by atoms with E-state index in [9.17, 15) is 19.0 Å². The predicted molar refractivity (Wildman–Crippen MR) is 159 cm³/mol. The number of aromatic nitrogens is 4. The Hall–Kier alpha value is -3.86. The maximum Gasteiger partial charge on any atom is 0.134 e. The Labute approximate surface area is 245 Å². The zero-order valence-corrected chi connectivity index (χ0v) is 24.6. The van der Waals surface area contributed by atoms with E-state index in [0.717, 1.165) is 15.6 Å². The van der Waals surface area contributed by atoms with Gasteiger partial charge in [0.1, 0.15) is 11.6 Å². The van der Waals surface area contributed by atoms with Crippen molar-refractivity contribution in [2.24, 2.45) is 4.99 Å². The van der Waals surface area contributed by atoms with E-state index in [-0.39, 0.29) is 11.6 Å². The molecule has 4 heterocycles. The van der Waals surface area contributed by atoms with Gasteiger partial charge in [0.05, 0.1) is 46.7 Å². The zero-order chi connectivity index (χ0) is 29.8. The van der Waals surface area contributed by atoms with E-state index in [1.807, 2.05) is 12.1 Å². The average Bonchev–Trinajstić information content (AvgIpc) is 3.58. The van der Waals surface area contributed by atoms with E-state index in [1.165, 1.54) is 18.3 Å². The number of hydrogen-bond acceptors (Lipinski definition) is 6. The summed E-state index contributed by atoms with van der Waals surface area (Å²) < 4.78 is 29.0. The Balaban J connectivity index is 0.000000156. The van der Waals surface area contributed by atoms with Gasteiger partial charge in [-0.2, -0.15) is 5.10 Å². The van der Waals surface area contributed by atoms with Crippen LogP contribution < -0.4 is 0 Å². The summed E-state index contributed by atoms with van der Waals surface area (Å²) in [6, 6.07) is 13.5. The second-order valence-corrected chi connectivity index (χ2v) is 11.4. The number of nitrogens with zero attached hydrogens (tertiary/aromatic N) is 5. The molecule has 0 spiro atoms. The van der Waals surface area contributed by atoms with Gasteiger partial charge in [0.15, 0.2) is 0 Å². The van der Waals surface area contributed by atoms with Crippen LogP contribution in [-0.2, 0) is 17.7 Å². The maximum absolute atomic E-state index is 13.7. The molecule has 212 valence electrons. The van der Waals surface area contributed by atoms with Crippen LogP contribution >= 0.6 is 15.9 Å². The highest BCUT2D eigenvalue weighted by Gasteiger charge is 2.18. The van der Waals surface area contributed by atoms with Crippen molar-refractivity contribution in [2.75, 3.05) is 0 Å². The maximum atomic E-state index is 13.7. The molecule has 0 saturated carbocycles. The summed E-state index contributed by atoms with van der Waals surface area (Å²) in [5.41, 5.74) is 2.68. The zero-order valence-electron chi connectivity index (χ0n) is 23.1. The molecule has 7 nitrogen and oxygen atoms in total. The van der Waals surface area contributed by atoms with Crippen LogP contribution in [0.15, 0.2) is 89.0 Å². The van der Waals surface area contributed by atoms with Gasteiger partial charge in [0, 0.05) is 46.0 Å². The molecule has 5 aromatic rings. The van der Waals surface area contributed by atoms with Crippen LogP contribution in [0.3, 0.4) is 0 Å². The first kappa shape index (κ1) is 30.1. The Morgan fingerprint density at radius 2 is 1.44 bits per heavy atom. The number of rotatable bonds is 3. The molecule has 3 aromatic heterocycles. The number of benzene rings is 2. The van der Waals surface area contributed by atoms with E-state index in [1.54, 1.807) is 87.6 Å². The van der Waals surface area contributed by atoms with Crippen LogP contribution in [0.4, 0.5) is 8.78 Å². The summed E-state index contributed by atoms with van der Waals surface area (Å²) in [7, 11) is 0. The number of fused-ring (bicyclic) bond motifs is 2. The summed E-state index contributed by atoms with van der Waals surface area (Å²) in [6.45, 7) is 7.48. The monoisotopic (exact) mass is 621 g/mol. The van der Waals surface area contributed by atoms with Crippen LogP contribution in [0.25, 0.3) is 16.6 Å². The van der Waals surface area contributed by atoms with Crippen molar-refractivity contribution >= 4 is 33.0 Å². The predicted octanol–water partition coefficient (Wildman–Crippen LogP) is 6.62. The van der Waals surface area contributed by atoms with Crippen molar-refractivity contribution in [3.8, 4) is 5.69 Å². The van der Waals surface area contributed by atoms with Crippen molar-refractivity contribution in [3.63, 3.8) is 0 Å². The highest BCUT2D eigenvalue weighted by Crippen LogP contribution is 2.24. The molecular weight excluding hydrogens is 592 g/mol. The van der Waals surface area contributed by atoms with Crippen molar-refractivity contribution in [2.45, 2.75) is 45.4 Å². The number of halogens is 3. The van der Waals surface area contributed by atoms with Crippen LogP contribution in [0, 0.1) is 11.6 Å². The van der Waals surface area contributed by atoms with Gasteiger partial charge in [-0.25, -0.2) is 13.5 Å². The first-order chi connectivity index (χ1) is 19.3. The average molecular weight is 623 g/mol. The standard InChI is InChI=1S/C15H14FN3O.C8H10BrNO.C8H6FN/c1-15(2,20)10-6-11(8-17-7-10)19-14-5-3-4-13(16)12(14)9-18-19;1-8(2,11)6-3-7(9)5-10-4-6;9-8-3-1-2-6-4-10-5-7(6)8/h3-9,20H,1-2H3;3-5,11H,1-2H3;1-3,5H,4H2. The fourth-order valence-corrected chi connectivity index (χ4v) is 4.31. The van der Waals surface area contributed by atoms with Crippen molar-refractivity contribution < 1.29 is 19.0 Å². The van der Waals surface area contributed by atoms with Gasteiger partial charge in [0.2, 0.25) is 0 Å². The minimum atomic E-state index is -0.989. The molecular formula is C31H30BrF2N5O2. The van der Waals surface area contributed by atoms with Crippen molar-refractivity contribution in [1.29, 1.82) is 0 Å². The summed E-state index contributed by atoms with van der Waals surface area (Å²) in [5.74, 6) is -0.473. The lowest BCUT2D eigenvalue weighted by Crippen LogP contribution is -2.16. The number of hydrogen-bond donors (Lipinski definition) is 2. The van der Waals surface area contributed by atoms with E-state index in [2.05, 4.69) is 36.0 Å². The molecule has 0 aliphatic carbocycles. The van der Waals surface area contributed by atoms with Crippen LogP contribution in [0.5, 0.6) is 0 Å². The molecule has 0 fully saturated rings. The Kier molecular flexibility index (Phi) is 9.06. The van der Waals surface area contributed by atoms with Gasteiger partial charge in [-0.05, 0) is 79.5 Å². The molecule has 10 heteroatoms. The Morgan fingerprint density at radius 3 is 2.07 bits per heavy atom. The summed E-state index contributed by atoms with van der Waals surface area (Å²) in [5, 5.41) is 24.3. The third-order valence-corrected chi connectivity index (χ3v) is 6.71. The normalized spacial score (nSPS) is 12.3. The number of aliphatic hydroxyl groups is 2.